The molecule has 0 bridgehead atoms. The first-order chi connectivity index (χ1) is 8.47. The lowest BCUT2D eigenvalue weighted by atomic mass is 10.1. The smallest absolute Gasteiger partial charge is 0.282 e. The highest BCUT2D eigenvalue weighted by atomic mass is 32.2. The molecule has 0 spiro atoms. The molecule has 1 nitrogen and oxygen atoms in total. The Hall–Kier alpha value is -1.04. The summed E-state index contributed by atoms with van der Waals surface area (Å²) in [6, 6.07) is 3.15. The van der Waals surface area contributed by atoms with E-state index in [9.17, 15) is 17.6 Å². The minimum Gasteiger partial charge on any atom is -0.282 e. The minimum atomic E-state index is -4.64. The summed E-state index contributed by atoms with van der Waals surface area (Å²) in [7, 11) is 0. The fraction of sp³-hybridized carbons (Fsp3) is 0.417. The summed E-state index contributed by atoms with van der Waals surface area (Å²) in [6.07, 6.45) is -3.57. The van der Waals surface area contributed by atoms with Crippen LogP contribution >= 0.6 is 11.8 Å². The molecule has 0 fully saturated rings. The number of aliphatic imine (C=N–C) groups is 1. The van der Waals surface area contributed by atoms with Crippen LogP contribution in [0.4, 0.5) is 17.6 Å². The summed E-state index contributed by atoms with van der Waals surface area (Å²) in [6.45, 7) is 0.775. The van der Waals surface area contributed by atoms with Gasteiger partial charge in [0, 0.05) is 12.3 Å². The molecule has 1 aliphatic rings. The predicted octanol–water partition coefficient (Wildman–Crippen LogP) is 3.92. The summed E-state index contributed by atoms with van der Waals surface area (Å²) < 4.78 is 50.6. The number of halogens is 4. The highest BCUT2D eigenvalue weighted by molar-refractivity contribution is 8.14. The van der Waals surface area contributed by atoms with Crippen LogP contribution in [0.25, 0.3) is 0 Å². The molecule has 1 heterocycles. The molecular formula is C12H11F4NS. The molecule has 0 saturated carbocycles. The van der Waals surface area contributed by atoms with E-state index in [1.807, 2.05) is 0 Å². The van der Waals surface area contributed by atoms with Crippen molar-refractivity contribution in [1.82, 2.24) is 0 Å². The van der Waals surface area contributed by atoms with Crippen LogP contribution in [-0.4, -0.2) is 17.3 Å². The van der Waals surface area contributed by atoms with Crippen LogP contribution in [0.2, 0.25) is 0 Å². The van der Waals surface area contributed by atoms with Gasteiger partial charge in [-0.1, -0.05) is 6.07 Å². The van der Waals surface area contributed by atoms with E-state index in [4.69, 9.17) is 0 Å². The van der Waals surface area contributed by atoms with E-state index in [-0.39, 0.29) is 0 Å². The van der Waals surface area contributed by atoms with Crippen LogP contribution in [-0.2, 0) is 12.6 Å². The zero-order chi connectivity index (χ0) is 13.2. The molecule has 0 aromatic heterocycles. The van der Waals surface area contributed by atoms with Gasteiger partial charge in [-0.15, -0.1) is 11.8 Å². The molecule has 0 unspecified atom stereocenters. The van der Waals surface area contributed by atoms with Crippen molar-refractivity contribution in [2.75, 3.05) is 12.3 Å². The summed E-state index contributed by atoms with van der Waals surface area (Å²) >= 11 is 1.63. The maximum atomic E-state index is 13.1. The fourth-order valence-corrected chi connectivity index (χ4v) is 2.57. The Morgan fingerprint density at radius 3 is 2.61 bits per heavy atom. The number of hydrogen-bond acceptors (Lipinski definition) is 2. The number of hydrogen-bond donors (Lipinski definition) is 0. The van der Waals surface area contributed by atoms with E-state index in [0.717, 1.165) is 29.5 Å². The van der Waals surface area contributed by atoms with Crippen molar-refractivity contribution in [1.29, 1.82) is 0 Å². The fourth-order valence-electron chi connectivity index (χ4n) is 1.73. The molecule has 18 heavy (non-hydrogen) atoms. The van der Waals surface area contributed by atoms with Crippen molar-refractivity contribution in [3.05, 3.63) is 35.1 Å². The Morgan fingerprint density at radius 2 is 2.00 bits per heavy atom. The Balaban J connectivity index is 2.09. The molecule has 0 atom stereocenters. The summed E-state index contributed by atoms with van der Waals surface area (Å²) in [5.74, 6) is -0.286. The third kappa shape index (κ3) is 3.25. The van der Waals surface area contributed by atoms with Gasteiger partial charge in [0.05, 0.1) is 10.6 Å². The summed E-state index contributed by atoms with van der Waals surface area (Å²) in [5.41, 5.74) is -0.708. The van der Waals surface area contributed by atoms with Gasteiger partial charge in [0.15, 0.2) is 0 Å². The van der Waals surface area contributed by atoms with Crippen molar-refractivity contribution >= 4 is 16.8 Å². The topological polar surface area (TPSA) is 12.4 Å². The van der Waals surface area contributed by atoms with E-state index in [1.54, 1.807) is 11.8 Å². The van der Waals surface area contributed by atoms with E-state index >= 15 is 0 Å². The molecule has 1 aliphatic heterocycles. The number of rotatable bonds is 3. The maximum absolute atomic E-state index is 13.1. The molecule has 0 N–H and O–H groups in total. The monoisotopic (exact) mass is 277 g/mol. The van der Waals surface area contributed by atoms with Crippen LogP contribution in [0.5, 0.6) is 0 Å². The number of aryl methyl sites for hydroxylation is 1. The lowest BCUT2D eigenvalue weighted by Crippen LogP contribution is -2.09. The van der Waals surface area contributed by atoms with E-state index in [0.29, 0.717) is 18.4 Å². The third-order valence-corrected chi connectivity index (χ3v) is 3.66. The average molecular weight is 277 g/mol. The van der Waals surface area contributed by atoms with Gasteiger partial charge in [-0.2, -0.15) is 13.2 Å². The van der Waals surface area contributed by atoms with Crippen LogP contribution in [0.15, 0.2) is 23.2 Å². The van der Waals surface area contributed by atoms with Gasteiger partial charge in [-0.25, -0.2) is 4.39 Å². The largest absolute Gasteiger partial charge is 0.419 e. The Labute approximate surface area is 106 Å². The molecule has 1 aromatic carbocycles. The van der Waals surface area contributed by atoms with E-state index < -0.39 is 17.6 Å². The van der Waals surface area contributed by atoms with Crippen LogP contribution in [0.1, 0.15) is 17.5 Å². The van der Waals surface area contributed by atoms with E-state index in [2.05, 4.69) is 4.99 Å². The number of alkyl halides is 3. The molecule has 0 saturated heterocycles. The van der Waals surface area contributed by atoms with Gasteiger partial charge < -0.3 is 0 Å². The first-order valence-corrected chi connectivity index (χ1v) is 6.47. The molecule has 0 aliphatic carbocycles. The third-order valence-electron chi connectivity index (χ3n) is 2.61. The molecular weight excluding hydrogens is 266 g/mol. The molecule has 0 radical (unpaired) electrons. The highest BCUT2D eigenvalue weighted by Crippen LogP contribution is 2.32. The van der Waals surface area contributed by atoms with Crippen molar-refractivity contribution in [2.45, 2.75) is 19.0 Å². The second kappa shape index (κ2) is 5.30. The SMILES string of the molecule is Fc1ccc(CCC2=NCCS2)cc1C(F)(F)F. The van der Waals surface area contributed by atoms with Crippen molar-refractivity contribution in [3.8, 4) is 0 Å². The maximum Gasteiger partial charge on any atom is 0.419 e. The van der Waals surface area contributed by atoms with Gasteiger partial charge in [0.2, 0.25) is 0 Å². The predicted molar refractivity (Wildman–Crippen MR) is 64.5 cm³/mol. The molecule has 6 heteroatoms. The highest BCUT2D eigenvalue weighted by Gasteiger charge is 2.34. The molecule has 2 rings (SSSR count). The van der Waals surface area contributed by atoms with Crippen molar-refractivity contribution in [2.24, 2.45) is 4.99 Å². The van der Waals surface area contributed by atoms with E-state index in [1.165, 1.54) is 6.07 Å². The second-order valence-electron chi connectivity index (χ2n) is 3.94. The quantitative estimate of drug-likeness (QED) is 0.763. The Bertz CT molecular complexity index is 468. The van der Waals surface area contributed by atoms with Gasteiger partial charge in [0.25, 0.3) is 0 Å². The second-order valence-corrected chi connectivity index (χ2v) is 5.10. The normalized spacial score (nSPS) is 15.9. The number of thioether (sulfide) groups is 1. The zero-order valence-corrected chi connectivity index (χ0v) is 10.2. The van der Waals surface area contributed by atoms with Crippen molar-refractivity contribution < 1.29 is 17.6 Å². The van der Waals surface area contributed by atoms with Crippen LogP contribution in [0.3, 0.4) is 0 Å². The zero-order valence-electron chi connectivity index (χ0n) is 9.43. The molecule has 1 aromatic rings. The van der Waals surface area contributed by atoms with Gasteiger partial charge in [-0.3, -0.25) is 4.99 Å². The summed E-state index contributed by atoms with van der Waals surface area (Å²) in [5, 5.41) is 0.966. The summed E-state index contributed by atoms with van der Waals surface area (Å²) in [4.78, 5) is 4.22. The van der Waals surface area contributed by atoms with Crippen LogP contribution < -0.4 is 0 Å². The Kier molecular flexibility index (Phi) is 3.94. The first-order valence-electron chi connectivity index (χ1n) is 5.48. The standard InChI is InChI=1S/C12H11F4NS/c13-10-3-1-8(7-9(10)12(14,15)16)2-4-11-17-5-6-18-11/h1,3,7H,2,4-6H2. The lowest BCUT2D eigenvalue weighted by molar-refractivity contribution is -0.140. The van der Waals surface area contributed by atoms with Gasteiger partial charge in [0.1, 0.15) is 5.82 Å². The minimum absolute atomic E-state index is 0.454. The van der Waals surface area contributed by atoms with Gasteiger partial charge in [-0.05, 0) is 30.5 Å². The Morgan fingerprint density at radius 1 is 1.22 bits per heavy atom. The average Bonchev–Trinajstić information content (AvgIpc) is 2.79. The van der Waals surface area contributed by atoms with Crippen LogP contribution in [0, 0.1) is 5.82 Å². The van der Waals surface area contributed by atoms with Crippen molar-refractivity contribution in [3.63, 3.8) is 0 Å². The number of nitrogens with zero attached hydrogens (tertiary/aromatic N) is 1. The first kappa shape index (κ1) is 13.4. The molecule has 98 valence electrons. The molecule has 0 amide bonds. The lowest BCUT2D eigenvalue weighted by Gasteiger charge is -2.10. The number of benzene rings is 1. The van der Waals surface area contributed by atoms with Gasteiger partial charge >= 0.3 is 6.18 Å².